The van der Waals surface area contributed by atoms with Crippen molar-refractivity contribution < 1.29 is 18.8 Å². The molecule has 1 fully saturated rings. The van der Waals surface area contributed by atoms with Gasteiger partial charge in [0, 0.05) is 17.2 Å². The van der Waals surface area contributed by atoms with E-state index in [1.54, 1.807) is 17.9 Å². The molecule has 0 spiro atoms. The van der Waals surface area contributed by atoms with Gasteiger partial charge in [-0.3, -0.25) is 0 Å². The molecule has 0 saturated heterocycles. The fourth-order valence-electron chi connectivity index (χ4n) is 4.89. The SMILES string of the molecule is COc1cc[n+](C(=O)O[C@@H]2C[C@H](C)CC[C@H]2C(C)(C)c2ccccc2)cc1[Si](C)(C)C. The summed E-state index contributed by atoms with van der Waals surface area (Å²) in [4.78, 5) is 13.2. The summed E-state index contributed by atoms with van der Waals surface area (Å²) in [6, 6.07) is 12.5. The lowest BCUT2D eigenvalue weighted by atomic mass is 9.64. The van der Waals surface area contributed by atoms with Gasteiger partial charge in [-0.2, -0.15) is 4.79 Å². The summed E-state index contributed by atoms with van der Waals surface area (Å²) in [6.07, 6.45) is 6.42. The summed E-state index contributed by atoms with van der Waals surface area (Å²) >= 11 is 0. The van der Waals surface area contributed by atoms with Crippen LogP contribution >= 0.6 is 0 Å². The van der Waals surface area contributed by atoms with Gasteiger partial charge in [-0.05, 0) is 29.7 Å². The van der Waals surface area contributed by atoms with E-state index >= 15 is 0 Å². The normalized spacial score (nSPS) is 22.1. The minimum absolute atomic E-state index is 0.0690. The molecule has 0 radical (unpaired) electrons. The first-order chi connectivity index (χ1) is 14.5. The van der Waals surface area contributed by atoms with E-state index in [-0.39, 0.29) is 23.5 Å². The molecule has 1 aliphatic rings. The fourth-order valence-corrected chi connectivity index (χ4v) is 6.35. The third-order valence-corrected chi connectivity index (χ3v) is 8.90. The molecule has 0 N–H and O–H groups in total. The number of hydrogen-bond donors (Lipinski definition) is 0. The standard InChI is InChI=1S/C26H38NO3Si/c1-19-13-14-21(26(2,3)20-11-9-8-10-12-20)23(17-19)30-25(28)27-16-15-22(29-4)24(18-27)31(5,6)7/h8-12,15-16,18-19,21,23H,13-14,17H2,1-7H3/q+1/t19-,21-,23-/m1/s1. The first kappa shape index (κ1) is 23.5. The summed E-state index contributed by atoms with van der Waals surface area (Å²) in [6.45, 7) is 13.6. The number of hydrogen-bond acceptors (Lipinski definition) is 3. The summed E-state index contributed by atoms with van der Waals surface area (Å²) in [5.74, 6) is 1.68. The first-order valence-corrected chi connectivity index (χ1v) is 14.9. The van der Waals surface area contributed by atoms with Crippen LogP contribution in [0.2, 0.25) is 19.6 Å². The molecular formula is C26H38NO3Si+. The summed E-state index contributed by atoms with van der Waals surface area (Å²) in [5, 5.41) is 1.12. The van der Waals surface area contributed by atoms with E-state index in [0.717, 1.165) is 23.8 Å². The molecule has 168 valence electrons. The van der Waals surface area contributed by atoms with Gasteiger partial charge < -0.3 is 9.47 Å². The van der Waals surface area contributed by atoms with Crippen LogP contribution in [0.5, 0.6) is 5.75 Å². The van der Waals surface area contributed by atoms with E-state index in [0.29, 0.717) is 5.92 Å². The van der Waals surface area contributed by atoms with Crippen LogP contribution < -0.4 is 14.5 Å². The molecule has 1 aliphatic carbocycles. The van der Waals surface area contributed by atoms with Crippen molar-refractivity contribution in [2.75, 3.05) is 7.11 Å². The molecule has 5 heteroatoms. The van der Waals surface area contributed by atoms with Crippen LogP contribution in [0.3, 0.4) is 0 Å². The molecule has 1 heterocycles. The molecule has 4 nitrogen and oxygen atoms in total. The average Bonchev–Trinajstić information content (AvgIpc) is 2.73. The minimum atomic E-state index is -1.68. The Morgan fingerprint density at radius 2 is 1.77 bits per heavy atom. The van der Waals surface area contributed by atoms with E-state index in [1.165, 1.54) is 12.0 Å². The van der Waals surface area contributed by atoms with Gasteiger partial charge in [0.25, 0.3) is 0 Å². The van der Waals surface area contributed by atoms with E-state index in [1.807, 2.05) is 12.3 Å². The zero-order valence-electron chi connectivity index (χ0n) is 20.1. The Morgan fingerprint density at radius 3 is 2.39 bits per heavy atom. The van der Waals surface area contributed by atoms with Gasteiger partial charge in [-0.15, -0.1) is 0 Å². The number of ether oxygens (including phenoxy) is 2. The average molecular weight is 441 g/mol. The van der Waals surface area contributed by atoms with Crippen molar-refractivity contribution in [3.8, 4) is 5.75 Å². The van der Waals surface area contributed by atoms with Gasteiger partial charge in [-0.25, -0.2) is 0 Å². The maximum absolute atomic E-state index is 13.2. The molecule has 2 aromatic rings. The number of pyridine rings is 1. The summed E-state index contributed by atoms with van der Waals surface area (Å²) in [7, 11) is 0.00135. The van der Waals surface area contributed by atoms with Gasteiger partial charge >= 0.3 is 6.09 Å². The van der Waals surface area contributed by atoms with Crippen LogP contribution in [0.4, 0.5) is 4.79 Å². The predicted molar refractivity (Wildman–Crippen MR) is 128 cm³/mol. The van der Waals surface area contributed by atoms with Crippen molar-refractivity contribution in [1.29, 1.82) is 0 Å². The fraction of sp³-hybridized carbons (Fsp3) is 0.538. The van der Waals surface area contributed by atoms with Crippen molar-refractivity contribution in [3.05, 3.63) is 54.4 Å². The van der Waals surface area contributed by atoms with E-state index in [2.05, 4.69) is 70.7 Å². The second-order valence-electron chi connectivity index (χ2n) is 10.6. The second kappa shape index (κ2) is 9.15. The molecule has 1 aromatic heterocycles. The predicted octanol–water partition coefficient (Wildman–Crippen LogP) is 5.30. The lowest BCUT2D eigenvalue weighted by molar-refractivity contribution is -0.587. The Labute approximate surface area is 188 Å². The molecule has 1 aromatic carbocycles. The molecule has 0 bridgehead atoms. The van der Waals surface area contributed by atoms with E-state index in [4.69, 9.17) is 9.47 Å². The Bertz CT molecular complexity index is 905. The maximum atomic E-state index is 13.2. The monoisotopic (exact) mass is 440 g/mol. The maximum Gasteiger partial charge on any atom is 0.602 e. The van der Waals surface area contributed by atoms with Gasteiger partial charge in [0.15, 0.2) is 12.4 Å². The highest BCUT2D eigenvalue weighted by Crippen LogP contribution is 2.43. The van der Waals surface area contributed by atoms with E-state index in [9.17, 15) is 4.79 Å². The lowest BCUT2D eigenvalue weighted by Crippen LogP contribution is -2.53. The van der Waals surface area contributed by atoms with Crippen LogP contribution in [0.15, 0.2) is 48.8 Å². The van der Waals surface area contributed by atoms with Gasteiger partial charge in [-0.1, -0.05) is 81.7 Å². The summed E-state index contributed by atoms with van der Waals surface area (Å²) < 4.78 is 13.4. The highest BCUT2D eigenvalue weighted by molar-refractivity contribution is 6.89. The largest absolute Gasteiger partial charge is 0.602 e. The first-order valence-electron chi connectivity index (χ1n) is 11.4. The van der Waals surface area contributed by atoms with E-state index < -0.39 is 8.07 Å². The van der Waals surface area contributed by atoms with Crippen LogP contribution in [0, 0.1) is 11.8 Å². The van der Waals surface area contributed by atoms with Crippen LogP contribution in [-0.2, 0) is 10.2 Å². The van der Waals surface area contributed by atoms with Crippen molar-refractivity contribution in [2.24, 2.45) is 11.8 Å². The Kier molecular flexibility index (Phi) is 6.94. The molecule has 1 saturated carbocycles. The molecular weight excluding hydrogens is 402 g/mol. The molecule has 3 atom stereocenters. The molecule has 3 rings (SSSR count). The molecule has 0 amide bonds. The second-order valence-corrected chi connectivity index (χ2v) is 15.7. The lowest BCUT2D eigenvalue weighted by Gasteiger charge is -2.43. The van der Waals surface area contributed by atoms with Crippen LogP contribution in [0.1, 0.15) is 45.6 Å². The van der Waals surface area contributed by atoms with Crippen molar-refractivity contribution in [3.63, 3.8) is 0 Å². The number of nitrogens with zero attached hydrogens (tertiary/aromatic N) is 1. The molecule has 0 unspecified atom stereocenters. The Balaban J connectivity index is 1.87. The highest BCUT2D eigenvalue weighted by Gasteiger charge is 2.43. The highest BCUT2D eigenvalue weighted by atomic mass is 28.3. The number of carbonyl (C=O) groups excluding carboxylic acids is 1. The quantitative estimate of drug-likeness (QED) is 0.468. The number of rotatable bonds is 5. The molecule has 0 aliphatic heterocycles. The van der Waals surface area contributed by atoms with Crippen molar-refractivity contribution in [1.82, 2.24) is 0 Å². The van der Waals surface area contributed by atoms with Crippen molar-refractivity contribution >= 4 is 19.4 Å². The van der Waals surface area contributed by atoms with Gasteiger partial charge in [0.05, 0.1) is 15.2 Å². The van der Waals surface area contributed by atoms with Crippen LogP contribution in [0.25, 0.3) is 0 Å². The topological polar surface area (TPSA) is 39.4 Å². The third-order valence-electron chi connectivity index (χ3n) is 6.91. The van der Waals surface area contributed by atoms with Crippen LogP contribution in [-0.4, -0.2) is 27.4 Å². The van der Waals surface area contributed by atoms with Gasteiger partial charge in [0.2, 0.25) is 0 Å². The van der Waals surface area contributed by atoms with Gasteiger partial charge in [0.1, 0.15) is 11.9 Å². The number of aromatic nitrogens is 1. The Morgan fingerprint density at radius 1 is 1.10 bits per heavy atom. The number of benzene rings is 1. The zero-order valence-corrected chi connectivity index (χ0v) is 21.1. The molecule has 31 heavy (non-hydrogen) atoms. The van der Waals surface area contributed by atoms with Crippen molar-refractivity contribution in [2.45, 2.75) is 71.2 Å². The zero-order chi connectivity index (χ0) is 22.8. The smallest absolute Gasteiger partial charge is 0.496 e. The Hall–Kier alpha value is -2.14. The minimum Gasteiger partial charge on any atom is -0.496 e. The summed E-state index contributed by atoms with van der Waals surface area (Å²) in [5.41, 5.74) is 1.23. The third kappa shape index (κ3) is 5.20. The number of carbonyl (C=O) groups is 1. The number of methoxy groups -OCH3 is 1.